The number of amides is 1. The molecule has 0 aromatic heterocycles. The quantitative estimate of drug-likeness (QED) is 0.430. The Hall–Kier alpha value is -2.28. The van der Waals surface area contributed by atoms with Crippen LogP contribution in [0.25, 0.3) is 0 Å². The number of hydrogen-bond acceptors (Lipinski definition) is 4. The smallest absolute Gasteiger partial charge is 0.412 e. The normalized spacial score (nSPS) is 16.1. The Balaban J connectivity index is 1.66. The molecule has 1 aliphatic rings. The van der Waals surface area contributed by atoms with E-state index in [4.69, 9.17) is 4.74 Å². The molecule has 2 rings (SSSR count). The summed E-state index contributed by atoms with van der Waals surface area (Å²) in [5, 5.41) is 9.64. The van der Waals surface area contributed by atoms with Crippen LogP contribution in [0.4, 0.5) is 10.5 Å². The van der Waals surface area contributed by atoms with Crippen molar-refractivity contribution in [3.63, 3.8) is 0 Å². The van der Waals surface area contributed by atoms with Crippen LogP contribution >= 0.6 is 0 Å². The Morgan fingerprint density at radius 1 is 1.16 bits per heavy atom. The van der Waals surface area contributed by atoms with Gasteiger partial charge in [0.25, 0.3) is 0 Å². The molecule has 7 nitrogen and oxygen atoms in total. The number of aliphatic imine (C=N–C) groups is 1. The standard InChI is InChI=1S/C24H41N5O2/c1-6-15-29-16-12-20(13-17-29)18-27-22(25-5)26-14-11-19-7-9-21(10-8-19)28-23(30)31-24(2,3)4/h7-10,20H,6,11-18H2,1-5H3,(H,28,30)(H2,25,26,27). The first-order valence-electron chi connectivity index (χ1n) is 11.5. The van der Waals surface area contributed by atoms with Crippen molar-refractivity contribution in [3.8, 4) is 0 Å². The third kappa shape index (κ3) is 10.0. The number of nitrogens with one attached hydrogen (secondary N) is 3. The van der Waals surface area contributed by atoms with Gasteiger partial charge < -0.3 is 20.3 Å². The van der Waals surface area contributed by atoms with Gasteiger partial charge in [0.1, 0.15) is 5.60 Å². The second-order valence-electron chi connectivity index (χ2n) is 9.24. The maximum absolute atomic E-state index is 11.8. The Bertz CT molecular complexity index is 689. The number of benzene rings is 1. The Kier molecular flexibility index (Phi) is 10.1. The molecule has 1 saturated heterocycles. The SMILES string of the molecule is CCCN1CCC(CNC(=NC)NCCc2ccc(NC(=O)OC(C)(C)C)cc2)CC1. The molecule has 1 aromatic carbocycles. The monoisotopic (exact) mass is 431 g/mol. The van der Waals surface area contributed by atoms with E-state index in [0.29, 0.717) is 0 Å². The fourth-order valence-electron chi connectivity index (χ4n) is 3.69. The maximum atomic E-state index is 11.8. The van der Waals surface area contributed by atoms with Crippen molar-refractivity contribution < 1.29 is 9.53 Å². The van der Waals surface area contributed by atoms with Gasteiger partial charge in [-0.25, -0.2) is 4.79 Å². The third-order valence-electron chi connectivity index (χ3n) is 5.33. The van der Waals surface area contributed by atoms with Crippen LogP contribution in [-0.4, -0.2) is 62.3 Å². The molecule has 1 amide bonds. The Labute approximate surface area is 188 Å². The Morgan fingerprint density at radius 2 is 1.84 bits per heavy atom. The molecule has 1 heterocycles. The van der Waals surface area contributed by atoms with E-state index in [1.807, 2.05) is 52.1 Å². The second-order valence-corrected chi connectivity index (χ2v) is 9.24. The van der Waals surface area contributed by atoms with E-state index in [9.17, 15) is 4.79 Å². The molecule has 0 radical (unpaired) electrons. The molecule has 1 aliphatic heterocycles. The lowest BCUT2D eigenvalue weighted by atomic mass is 9.97. The van der Waals surface area contributed by atoms with Gasteiger partial charge in [-0.3, -0.25) is 10.3 Å². The zero-order valence-electron chi connectivity index (χ0n) is 20.0. The molecular formula is C24H41N5O2. The minimum atomic E-state index is -0.505. The summed E-state index contributed by atoms with van der Waals surface area (Å²) in [5.41, 5.74) is 1.42. The molecule has 0 spiro atoms. The van der Waals surface area contributed by atoms with E-state index >= 15 is 0 Å². The highest BCUT2D eigenvalue weighted by Gasteiger charge is 2.18. The topological polar surface area (TPSA) is 78.0 Å². The van der Waals surface area contributed by atoms with E-state index in [-0.39, 0.29) is 0 Å². The lowest BCUT2D eigenvalue weighted by molar-refractivity contribution is 0.0636. The summed E-state index contributed by atoms with van der Waals surface area (Å²) in [6.45, 7) is 13.2. The highest BCUT2D eigenvalue weighted by Crippen LogP contribution is 2.16. The van der Waals surface area contributed by atoms with Crippen molar-refractivity contribution in [1.82, 2.24) is 15.5 Å². The molecule has 174 valence electrons. The van der Waals surface area contributed by atoms with Gasteiger partial charge in [-0.1, -0.05) is 19.1 Å². The highest BCUT2D eigenvalue weighted by molar-refractivity contribution is 5.84. The van der Waals surface area contributed by atoms with Crippen LogP contribution < -0.4 is 16.0 Å². The molecule has 1 fully saturated rings. The lowest BCUT2D eigenvalue weighted by Crippen LogP contribution is -2.43. The molecule has 1 aromatic rings. The van der Waals surface area contributed by atoms with Crippen molar-refractivity contribution in [2.45, 2.75) is 59.0 Å². The van der Waals surface area contributed by atoms with E-state index in [0.717, 1.165) is 37.1 Å². The van der Waals surface area contributed by atoms with E-state index in [1.165, 1.54) is 44.5 Å². The van der Waals surface area contributed by atoms with Crippen LogP contribution in [0.3, 0.4) is 0 Å². The van der Waals surface area contributed by atoms with Gasteiger partial charge in [0.05, 0.1) is 0 Å². The summed E-state index contributed by atoms with van der Waals surface area (Å²) in [4.78, 5) is 18.8. The zero-order valence-corrected chi connectivity index (χ0v) is 20.0. The minimum Gasteiger partial charge on any atom is -0.444 e. The molecule has 31 heavy (non-hydrogen) atoms. The lowest BCUT2D eigenvalue weighted by Gasteiger charge is -2.32. The number of rotatable bonds is 8. The second kappa shape index (κ2) is 12.5. The van der Waals surface area contributed by atoms with Gasteiger partial charge in [-0.2, -0.15) is 0 Å². The predicted octanol–water partition coefficient (Wildman–Crippen LogP) is 3.86. The number of carbonyl (C=O) groups excluding carboxylic acids is 1. The van der Waals surface area contributed by atoms with Crippen LogP contribution in [0.1, 0.15) is 52.5 Å². The molecule has 0 atom stereocenters. The molecule has 0 unspecified atom stereocenters. The molecule has 3 N–H and O–H groups in total. The maximum Gasteiger partial charge on any atom is 0.412 e. The van der Waals surface area contributed by atoms with E-state index in [1.54, 1.807) is 0 Å². The van der Waals surface area contributed by atoms with Gasteiger partial charge >= 0.3 is 6.09 Å². The summed E-state index contributed by atoms with van der Waals surface area (Å²) in [5.74, 6) is 1.58. The minimum absolute atomic E-state index is 0.437. The predicted molar refractivity (Wildman–Crippen MR) is 129 cm³/mol. The molecular weight excluding hydrogens is 390 g/mol. The van der Waals surface area contributed by atoms with Crippen LogP contribution in [0.15, 0.2) is 29.3 Å². The van der Waals surface area contributed by atoms with Crippen molar-refractivity contribution >= 4 is 17.7 Å². The van der Waals surface area contributed by atoms with Gasteiger partial charge in [0, 0.05) is 25.8 Å². The van der Waals surface area contributed by atoms with Gasteiger partial charge in [-0.15, -0.1) is 0 Å². The molecule has 0 aliphatic carbocycles. The largest absolute Gasteiger partial charge is 0.444 e. The first-order valence-corrected chi connectivity index (χ1v) is 11.5. The summed E-state index contributed by atoms with van der Waals surface area (Å²) in [7, 11) is 1.82. The van der Waals surface area contributed by atoms with Gasteiger partial charge in [0.2, 0.25) is 0 Å². The van der Waals surface area contributed by atoms with E-state index < -0.39 is 11.7 Å². The fourth-order valence-corrected chi connectivity index (χ4v) is 3.69. The number of piperidine rings is 1. The van der Waals surface area contributed by atoms with Crippen LogP contribution in [-0.2, 0) is 11.2 Å². The third-order valence-corrected chi connectivity index (χ3v) is 5.33. The first kappa shape index (κ1) is 25.0. The van der Waals surface area contributed by atoms with Crippen LogP contribution in [0.5, 0.6) is 0 Å². The average Bonchev–Trinajstić information content (AvgIpc) is 2.71. The summed E-state index contributed by atoms with van der Waals surface area (Å²) < 4.78 is 5.28. The highest BCUT2D eigenvalue weighted by atomic mass is 16.6. The first-order chi connectivity index (χ1) is 14.8. The van der Waals surface area contributed by atoms with Gasteiger partial charge in [-0.05, 0) is 89.7 Å². The summed E-state index contributed by atoms with van der Waals surface area (Å²) >= 11 is 0. The van der Waals surface area contributed by atoms with Crippen LogP contribution in [0.2, 0.25) is 0 Å². The number of carbonyl (C=O) groups is 1. The number of nitrogens with zero attached hydrogens (tertiary/aromatic N) is 2. The number of hydrogen-bond donors (Lipinski definition) is 3. The average molecular weight is 432 g/mol. The molecule has 0 bridgehead atoms. The van der Waals surface area contributed by atoms with Crippen LogP contribution in [0, 0.1) is 5.92 Å². The number of likely N-dealkylation sites (tertiary alicyclic amines) is 1. The van der Waals surface area contributed by atoms with Gasteiger partial charge in [0.15, 0.2) is 5.96 Å². The summed E-state index contributed by atoms with van der Waals surface area (Å²) in [6.07, 6.45) is 4.19. The zero-order chi connectivity index (χ0) is 22.7. The van der Waals surface area contributed by atoms with E-state index in [2.05, 4.69) is 32.8 Å². The fraction of sp³-hybridized carbons (Fsp3) is 0.667. The Morgan fingerprint density at radius 3 is 2.42 bits per heavy atom. The number of anilines is 1. The van der Waals surface area contributed by atoms with Crippen molar-refractivity contribution in [2.75, 3.05) is 45.1 Å². The molecule has 7 heteroatoms. The number of ether oxygens (including phenoxy) is 1. The van der Waals surface area contributed by atoms with Crippen molar-refractivity contribution in [3.05, 3.63) is 29.8 Å². The summed E-state index contributed by atoms with van der Waals surface area (Å²) in [6, 6.07) is 7.85. The number of guanidine groups is 1. The molecule has 0 saturated carbocycles. The van der Waals surface area contributed by atoms with Crippen molar-refractivity contribution in [1.29, 1.82) is 0 Å². The van der Waals surface area contributed by atoms with Crippen molar-refractivity contribution in [2.24, 2.45) is 10.9 Å².